The molecule has 1 saturated heterocycles. The average molecular weight is 378 g/mol. The standard InChI is InChI=1S/C10H19NO2.C6H5F2NO2S/c1-10(2,3)13-9(12)11-7-5-4-6-8-11;7-4-2-1-3-5(6(4)8)12(9,10)11/h4-8H2,1-3H3;1-3H,(H2,9,10,11). The molecule has 1 aromatic rings. The van der Waals surface area contributed by atoms with Crippen LogP contribution in [0.25, 0.3) is 0 Å². The lowest BCUT2D eigenvalue weighted by Crippen LogP contribution is -2.39. The molecule has 0 bridgehead atoms. The van der Waals surface area contributed by atoms with Crippen molar-refractivity contribution in [2.24, 2.45) is 5.14 Å². The Kier molecular flexibility index (Phi) is 7.30. The topological polar surface area (TPSA) is 89.7 Å². The first-order valence-corrected chi connectivity index (χ1v) is 9.41. The van der Waals surface area contributed by atoms with Gasteiger partial charge in [-0.2, -0.15) is 0 Å². The molecule has 1 aromatic carbocycles. The molecule has 1 fully saturated rings. The number of carbonyl (C=O) groups excluding carboxylic acids is 1. The second kappa shape index (κ2) is 8.57. The van der Waals surface area contributed by atoms with Crippen molar-refractivity contribution < 1.29 is 26.7 Å². The molecule has 0 aliphatic carbocycles. The van der Waals surface area contributed by atoms with Crippen molar-refractivity contribution in [3.05, 3.63) is 29.8 Å². The number of benzene rings is 1. The Morgan fingerprint density at radius 3 is 2.16 bits per heavy atom. The minimum atomic E-state index is -4.17. The van der Waals surface area contributed by atoms with E-state index in [0.29, 0.717) is 0 Å². The van der Waals surface area contributed by atoms with Gasteiger partial charge in [-0.15, -0.1) is 0 Å². The van der Waals surface area contributed by atoms with E-state index in [0.717, 1.165) is 44.1 Å². The number of likely N-dealkylation sites (tertiary alicyclic amines) is 1. The van der Waals surface area contributed by atoms with E-state index in [1.807, 2.05) is 20.8 Å². The molecule has 1 amide bonds. The van der Waals surface area contributed by atoms with Crippen LogP contribution in [-0.4, -0.2) is 38.1 Å². The fourth-order valence-electron chi connectivity index (χ4n) is 2.11. The molecule has 1 aliphatic rings. The SMILES string of the molecule is CC(C)(C)OC(=O)N1CCCCC1.NS(=O)(=O)c1cccc(F)c1F. The second-order valence-electron chi connectivity index (χ2n) is 6.63. The summed E-state index contributed by atoms with van der Waals surface area (Å²) in [5, 5.41) is 4.59. The number of nitrogens with two attached hydrogens (primary N) is 1. The molecule has 0 spiro atoms. The van der Waals surface area contributed by atoms with Crippen molar-refractivity contribution in [3.8, 4) is 0 Å². The van der Waals surface area contributed by atoms with Crippen molar-refractivity contribution in [1.82, 2.24) is 4.90 Å². The fourth-order valence-corrected chi connectivity index (χ4v) is 2.72. The maximum Gasteiger partial charge on any atom is 0.410 e. The number of ether oxygens (including phenoxy) is 1. The van der Waals surface area contributed by atoms with Crippen LogP contribution in [0.15, 0.2) is 23.1 Å². The molecule has 2 rings (SSSR count). The molecule has 0 atom stereocenters. The molecule has 142 valence electrons. The Hall–Kier alpha value is -1.74. The summed E-state index contributed by atoms with van der Waals surface area (Å²) in [5.41, 5.74) is -0.367. The second-order valence-corrected chi connectivity index (χ2v) is 8.15. The van der Waals surface area contributed by atoms with Gasteiger partial charge in [0.1, 0.15) is 10.5 Å². The van der Waals surface area contributed by atoms with Gasteiger partial charge in [-0.1, -0.05) is 6.07 Å². The number of hydrogen-bond acceptors (Lipinski definition) is 4. The fraction of sp³-hybridized carbons (Fsp3) is 0.562. The Bertz CT molecular complexity index is 697. The predicted molar refractivity (Wildman–Crippen MR) is 89.4 cm³/mol. The van der Waals surface area contributed by atoms with Crippen molar-refractivity contribution in [1.29, 1.82) is 0 Å². The third-order valence-corrected chi connectivity index (χ3v) is 4.16. The highest BCUT2D eigenvalue weighted by molar-refractivity contribution is 7.89. The molecule has 0 saturated carbocycles. The van der Waals surface area contributed by atoms with Gasteiger partial charge in [-0.25, -0.2) is 27.1 Å². The van der Waals surface area contributed by atoms with E-state index in [1.165, 1.54) is 6.42 Å². The first kappa shape index (κ1) is 21.3. The zero-order valence-corrected chi connectivity index (χ0v) is 15.4. The number of carbonyl (C=O) groups is 1. The zero-order chi connectivity index (χ0) is 19.3. The van der Waals surface area contributed by atoms with Crippen LogP contribution in [0.1, 0.15) is 40.0 Å². The van der Waals surface area contributed by atoms with Gasteiger partial charge in [-0.05, 0) is 52.2 Å². The first-order valence-electron chi connectivity index (χ1n) is 7.86. The molecule has 25 heavy (non-hydrogen) atoms. The summed E-state index contributed by atoms with van der Waals surface area (Å²) in [6, 6.07) is 2.77. The third kappa shape index (κ3) is 7.35. The van der Waals surface area contributed by atoms with Gasteiger partial charge in [-0.3, -0.25) is 0 Å². The van der Waals surface area contributed by atoms with Gasteiger partial charge in [0.25, 0.3) is 0 Å². The molecule has 6 nitrogen and oxygen atoms in total. The summed E-state index contributed by atoms with van der Waals surface area (Å²) in [6.45, 7) is 7.41. The van der Waals surface area contributed by atoms with E-state index >= 15 is 0 Å². The smallest absolute Gasteiger partial charge is 0.410 e. The highest BCUT2D eigenvalue weighted by Crippen LogP contribution is 2.15. The summed E-state index contributed by atoms with van der Waals surface area (Å²) >= 11 is 0. The molecule has 2 N–H and O–H groups in total. The van der Waals surface area contributed by atoms with Crippen LogP contribution in [0.3, 0.4) is 0 Å². The van der Waals surface area contributed by atoms with Crippen LogP contribution in [0.5, 0.6) is 0 Å². The zero-order valence-electron chi connectivity index (χ0n) is 14.6. The maximum absolute atomic E-state index is 12.7. The minimum absolute atomic E-state index is 0.160. The summed E-state index contributed by atoms with van der Waals surface area (Å²) in [6.07, 6.45) is 3.30. The number of rotatable bonds is 1. The van der Waals surface area contributed by atoms with E-state index in [2.05, 4.69) is 5.14 Å². The van der Waals surface area contributed by atoms with Crippen LogP contribution in [-0.2, 0) is 14.8 Å². The average Bonchev–Trinajstić information content (AvgIpc) is 2.49. The molecule has 1 heterocycles. The molecule has 0 unspecified atom stereocenters. The van der Waals surface area contributed by atoms with E-state index in [1.54, 1.807) is 4.90 Å². The lowest BCUT2D eigenvalue weighted by Gasteiger charge is -2.29. The van der Waals surface area contributed by atoms with Crippen molar-refractivity contribution in [2.45, 2.75) is 50.5 Å². The van der Waals surface area contributed by atoms with E-state index in [4.69, 9.17) is 4.74 Å². The van der Waals surface area contributed by atoms with Gasteiger partial charge >= 0.3 is 6.09 Å². The lowest BCUT2D eigenvalue weighted by atomic mass is 10.1. The summed E-state index contributed by atoms with van der Waals surface area (Å²) in [5.74, 6) is -2.68. The molecule has 0 radical (unpaired) electrons. The van der Waals surface area contributed by atoms with Gasteiger partial charge in [0.2, 0.25) is 10.0 Å². The largest absolute Gasteiger partial charge is 0.444 e. The van der Waals surface area contributed by atoms with Gasteiger partial charge in [0.05, 0.1) is 0 Å². The van der Waals surface area contributed by atoms with Crippen LogP contribution < -0.4 is 5.14 Å². The number of hydrogen-bond donors (Lipinski definition) is 1. The molecule has 0 aromatic heterocycles. The van der Waals surface area contributed by atoms with E-state index < -0.39 is 26.6 Å². The summed E-state index contributed by atoms with van der Waals surface area (Å²) < 4.78 is 51.5. The molecule has 1 aliphatic heterocycles. The van der Waals surface area contributed by atoms with Gasteiger partial charge in [0.15, 0.2) is 11.6 Å². The Morgan fingerprint density at radius 2 is 1.72 bits per heavy atom. The van der Waals surface area contributed by atoms with E-state index in [9.17, 15) is 22.0 Å². The lowest BCUT2D eigenvalue weighted by molar-refractivity contribution is 0.0216. The van der Waals surface area contributed by atoms with Gasteiger partial charge in [0, 0.05) is 13.1 Å². The van der Waals surface area contributed by atoms with Crippen molar-refractivity contribution in [2.75, 3.05) is 13.1 Å². The number of halogens is 2. The molecular weight excluding hydrogens is 354 g/mol. The Labute approximate surface area is 147 Å². The van der Waals surface area contributed by atoms with E-state index in [-0.39, 0.29) is 11.7 Å². The highest BCUT2D eigenvalue weighted by Gasteiger charge is 2.23. The number of primary sulfonamides is 1. The number of piperidine rings is 1. The first-order chi connectivity index (χ1) is 11.4. The van der Waals surface area contributed by atoms with Crippen molar-refractivity contribution in [3.63, 3.8) is 0 Å². The minimum Gasteiger partial charge on any atom is -0.444 e. The Balaban J connectivity index is 0.000000251. The quantitative estimate of drug-likeness (QED) is 0.813. The Morgan fingerprint density at radius 1 is 1.16 bits per heavy atom. The van der Waals surface area contributed by atoms with Crippen LogP contribution in [0.2, 0.25) is 0 Å². The number of amides is 1. The van der Waals surface area contributed by atoms with Crippen LogP contribution >= 0.6 is 0 Å². The van der Waals surface area contributed by atoms with Crippen molar-refractivity contribution >= 4 is 16.1 Å². The highest BCUT2D eigenvalue weighted by atomic mass is 32.2. The predicted octanol–water partition coefficient (Wildman–Crippen LogP) is 3.02. The monoisotopic (exact) mass is 378 g/mol. The molecular formula is C16H24F2N2O4S. The normalized spacial score (nSPS) is 15.2. The molecule has 9 heteroatoms. The maximum atomic E-state index is 12.7. The number of sulfonamides is 1. The summed E-state index contributed by atoms with van der Waals surface area (Å²) in [4.78, 5) is 12.5. The van der Waals surface area contributed by atoms with Gasteiger partial charge < -0.3 is 9.64 Å². The van der Waals surface area contributed by atoms with Crippen LogP contribution in [0, 0.1) is 11.6 Å². The third-order valence-electron chi connectivity index (χ3n) is 3.23. The number of nitrogens with zero attached hydrogens (tertiary/aromatic N) is 1. The summed E-state index contributed by atoms with van der Waals surface area (Å²) in [7, 11) is -4.17. The van der Waals surface area contributed by atoms with Crippen LogP contribution in [0.4, 0.5) is 13.6 Å².